The SMILES string of the molecule is CC(N)Cc1cc(Br)ccc1Oc1cccc(Br)c1. The van der Waals surface area contributed by atoms with Gasteiger partial charge >= 0.3 is 0 Å². The molecule has 4 heteroatoms. The Balaban J connectivity index is 2.28. The average Bonchev–Trinajstić information content (AvgIpc) is 2.32. The molecular weight excluding hydrogens is 370 g/mol. The van der Waals surface area contributed by atoms with Crippen molar-refractivity contribution in [2.45, 2.75) is 19.4 Å². The summed E-state index contributed by atoms with van der Waals surface area (Å²) in [4.78, 5) is 0. The fourth-order valence-electron chi connectivity index (χ4n) is 1.81. The van der Waals surface area contributed by atoms with Gasteiger partial charge in [-0.15, -0.1) is 0 Å². The minimum absolute atomic E-state index is 0.0964. The van der Waals surface area contributed by atoms with E-state index in [1.54, 1.807) is 0 Å². The van der Waals surface area contributed by atoms with Crippen LogP contribution in [-0.4, -0.2) is 6.04 Å². The molecule has 0 fully saturated rings. The molecule has 0 bridgehead atoms. The van der Waals surface area contributed by atoms with Crippen LogP contribution in [0.4, 0.5) is 0 Å². The van der Waals surface area contributed by atoms with Gasteiger partial charge in [-0.2, -0.15) is 0 Å². The Bertz CT molecular complexity index is 570. The topological polar surface area (TPSA) is 35.2 Å². The minimum atomic E-state index is 0.0964. The Morgan fingerprint density at radius 2 is 1.84 bits per heavy atom. The summed E-state index contributed by atoms with van der Waals surface area (Å²) >= 11 is 6.92. The third-order valence-corrected chi connectivity index (χ3v) is 3.57. The molecule has 100 valence electrons. The van der Waals surface area contributed by atoms with E-state index >= 15 is 0 Å². The van der Waals surface area contributed by atoms with Crippen molar-refractivity contribution < 1.29 is 4.74 Å². The first-order valence-corrected chi connectivity index (χ1v) is 7.60. The Morgan fingerprint density at radius 3 is 2.53 bits per heavy atom. The summed E-state index contributed by atoms with van der Waals surface area (Å²) < 4.78 is 7.97. The van der Waals surface area contributed by atoms with Crippen LogP contribution in [0.15, 0.2) is 51.4 Å². The molecule has 1 unspecified atom stereocenters. The zero-order valence-corrected chi connectivity index (χ0v) is 13.7. The first-order valence-electron chi connectivity index (χ1n) is 6.02. The standard InChI is InChI=1S/C15H15Br2NO/c1-10(18)7-11-8-13(17)5-6-15(11)19-14-4-2-3-12(16)9-14/h2-6,8-10H,7,18H2,1H3. The lowest BCUT2D eigenvalue weighted by molar-refractivity contribution is 0.473. The molecule has 0 aliphatic heterocycles. The minimum Gasteiger partial charge on any atom is -0.457 e. The average molecular weight is 385 g/mol. The number of halogens is 2. The zero-order valence-electron chi connectivity index (χ0n) is 10.6. The number of nitrogens with two attached hydrogens (primary N) is 1. The van der Waals surface area contributed by atoms with Crippen LogP contribution in [0.5, 0.6) is 11.5 Å². The third kappa shape index (κ3) is 4.34. The Labute approximate surface area is 130 Å². The maximum absolute atomic E-state index is 5.94. The summed E-state index contributed by atoms with van der Waals surface area (Å²) in [6.07, 6.45) is 0.781. The lowest BCUT2D eigenvalue weighted by Crippen LogP contribution is -2.18. The summed E-state index contributed by atoms with van der Waals surface area (Å²) in [5, 5.41) is 0. The molecule has 1 atom stereocenters. The van der Waals surface area contributed by atoms with E-state index in [2.05, 4.69) is 37.9 Å². The molecule has 2 rings (SSSR count). The van der Waals surface area contributed by atoms with Crippen molar-refractivity contribution in [3.63, 3.8) is 0 Å². The van der Waals surface area contributed by atoms with Gasteiger partial charge in [-0.25, -0.2) is 0 Å². The smallest absolute Gasteiger partial charge is 0.130 e. The van der Waals surface area contributed by atoms with E-state index in [1.165, 1.54) is 0 Å². The lowest BCUT2D eigenvalue weighted by atomic mass is 10.1. The monoisotopic (exact) mass is 383 g/mol. The van der Waals surface area contributed by atoms with Gasteiger partial charge in [-0.3, -0.25) is 0 Å². The fourth-order valence-corrected chi connectivity index (χ4v) is 2.60. The summed E-state index contributed by atoms with van der Waals surface area (Å²) in [5.74, 6) is 1.65. The predicted molar refractivity (Wildman–Crippen MR) is 85.7 cm³/mol. The van der Waals surface area contributed by atoms with Crippen LogP contribution in [0, 0.1) is 0 Å². The fraction of sp³-hybridized carbons (Fsp3) is 0.200. The van der Waals surface area contributed by atoms with E-state index < -0.39 is 0 Å². The first kappa shape index (κ1) is 14.6. The Kier molecular flexibility index (Phi) is 5.02. The number of hydrogen-bond donors (Lipinski definition) is 1. The number of hydrogen-bond acceptors (Lipinski definition) is 2. The highest BCUT2D eigenvalue weighted by atomic mass is 79.9. The van der Waals surface area contributed by atoms with Crippen molar-refractivity contribution in [2.75, 3.05) is 0 Å². The second-order valence-electron chi connectivity index (χ2n) is 4.49. The molecule has 0 aliphatic carbocycles. The third-order valence-electron chi connectivity index (χ3n) is 2.59. The van der Waals surface area contributed by atoms with Gasteiger partial charge in [0.05, 0.1) is 0 Å². The van der Waals surface area contributed by atoms with Crippen molar-refractivity contribution in [1.82, 2.24) is 0 Å². The molecule has 0 saturated carbocycles. The van der Waals surface area contributed by atoms with Gasteiger partial charge in [0.25, 0.3) is 0 Å². The molecule has 0 aromatic heterocycles. The second kappa shape index (κ2) is 6.55. The van der Waals surface area contributed by atoms with E-state index in [4.69, 9.17) is 10.5 Å². The van der Waals surface area contributed by atoms with Gasteiger partial charge in [0.2, 0.25) is 0 Å². The molecule has 2 nitrogen and oxygen atoms in total. The van der Waals surface area contributed by atoms with Crippen LogP contribution in [0.2, 0.25) is 0 Å². The molecule has 0 radical (unpaired) electrons. The van der Waals surface area contributed by atoms with E-state index in [1.807, 2.05) is 43.3 Å². The van der Waals surface area contributed by atoms with Crippen molar-refractivity contribution in [1.29, 1.82) is 0 Å². The summed E-state index contributed by atoms with van der Waals surface area (Å²) in [6.45, 7) is 1.99. The Hall–Kier alpha value is -0.840. The van der Waals surface area contributed by atoms with Gasteiger partial charge in [0.1, 0.15) is 11.5 Å². The molecule has 0 amide bonds. The van der Waals surface area contributed by atoms with Crippen LogP contribution < -0.4 is 10.5 Å². The Morgan fingerprint density at radius 1 is 1.11 bits per heavy atom. The normalized spacial score (nSPS) is 12.2. The summed E-state index contributed by atoms with van der Waals surface area (Å²) in [6, 6.07) is 13.9. The van der Waals surface area contributed by atoms with Crippen LogP contribution in [0.1, 0.15) is 12.5 Å². The van der Waals surface area contributed by atoms with Gasteiger partial charge in [0, 0.05) is 15.0 Å². The molecule has 2 aromatic rings. The van der Waals surface area contributed by atoms with Crippen LogP contribution in [0.3, 0.4) is 0 Å². The number of ether oxygens (including phenoxy) is 1. The molecule has 19 heavy (non-hydrogen) atoms. The molecule has 0 saturated heterocycles. The molecule has 0 spiro atoms. The lowest BCUT2D eigenvalue weighted by Gasteiger charge is -2.13. The zero-order chi connectivity index (χ0) is 13.8. The van der Waals surface area contributed by atoms with Gasteiger partial charge in [0.15, 0.2) is 0 Å². The van der Waals surface area contributed by atoms with Gasteiger partial charge in [-0.05, 0) is 55.3 Å². The number of benzene rings is 2. The van der Waals surface area contributed by atoms with Crippen molar-refractivity contribution in [2.24, 2.45) is 5.73 Å². The van der Waals surface area contributed by atoms with E-state index in [0.717, 1.165) is 32.4 Å². The maximum Gasteiger partial charge on any atom is 0.130 e. The maximum atomic E-state index is 5.94. The van der Waals surface area contributed by atoms with Crippen LogP contribution >= 0.6 is 31.9 Å². The van der Waals surface area contributed by atoms with E-state index in [-0.39, 0.29) is 6.04 Å². The van der Waals surface area contributed by atoms with Crippen LogP contribution in [-0.2, 0) is 6.42 Å². The second-order valence-corrected chi connectivity index (χ2v) is 6.32. The highest BCUT2D eigenvalue weighted by molar-refractivity contribution is 9.10. The highest BCUT2D eigenvalue weighted by Gasteiger charge is 2.08. The highest BCUT2D eigenvalue weighted by Crippen LogP contribution is 2.30. The first-order chi connectivity index (χ1) is 9.04. The van der Waals surface area contributed by atoms with Crippen molar-refractivity contribution >= 4 is 31.9 Å². The molecular formula is C15H15Br2NO. The molecule has 2 N–H and O–H groups in total. The van der Waals surface area contributed by atoms with Gasteiger partial charge < -0.3 is 10.5 Å². The number of rotatable bonds is 4. The van der Waals surface area contributed by atoms with E-state index in [0.29, 0.717) is 0 Å². The quantitative estimate of drug-likeness (QED) is 0.813. The molecule has 0 aliphatic rings. The molecule has 2 aromatic carbocycles. The van der Waals surface area contributed by atoms with Crippen LogP contribution in [0.25, 0.3) is 0 Å². The van der Waals surface area contributed by atoms with Crippen molar-refractivity contribution in [3.8, 4) is 11.5 Å². The van der Waals surface area contributed by atoms with Crippen molar-refractivity contribution in [3.05, 3.63) is 57.0 Å². The predicted octanol–water partition coefficient (Wildman–Crippen LogP) is 4.89. The van der Waals surface area contributed by atoms with E-state index in [9.17, 15) is 0 Å². The van der Waals surface area contributed by atoms with Gasteiger partial charge in [-0.1, -0.05) is 37.9 Å². The molecule has 0 heterocycles. The summed E-state index contributed by atoms with van der Waals surface area (Å²) in [5.41, 5.74) is 6.98. The summed E-state index contributed by atoms with van der Waals surface area (Å²) in [7, 11) is 0. The largest absolute Gasteiger partial charge is 0.457 e.